The lowest BCUT2D eigenvalue weighted by Crippen LogP contribution is -2.56. The second-order valence-electron chi connectivity index (χ2n) is 8.32. The van der Waals surface area contributed by atoms with Crippen LogP contribution in [0.1, 0.15) is 23.6 Å². The van der Waals surface area contributed by atoms with Gasteiger partial charge in [0.1, 0.15) is 11.4 Å². The lowest BCUT2D eigenvalue weighted by molar-refractivity contribution is -0.137. The molecule has 37 heavy (non-hydrogen) atoms. The standard InChI is InChI=1S/C25H21F4N3O3S2/c1-16-3-11-21(12-4-16)37(34,35)32-24(2,15-36-20-9-6-18(26)7-10-20)23(33)31-19-8-5-17(14-30)22(13-19)25(27,28)29/h3-13,32H,15H2,1-2H3,(H,31,33). The molecule has 1 amide bonds. The predicted octanol–water partition coefficient (Wildman–Crippen LogP) is 5.49. The molecule has 6 nitrogen and oxygen atoms in total. The van der Waals surface area contributed by atoms with Crippen LogP contribution in [0.15, 0.2) is 76.5 Å². The first-order chi connectivity index (χ1) is 17.2. The number of nitrogens with one attached hydrogen (secondary N) is 2. The number of sulfonamides is 1. The van der Waals surface area contributed by atoms with Crippen LogP contribution >= 0.6 is 11.8 Å². The number of halogens is 4. The number of thioether (sulfide) groups is 1. The van der Waals surface area contributed by atoms with Crippen LogP contribution in [-0.2, 0) is 21.0 Å². The smallest absolute Gasteiger partial charge is 0.324 e. The van der Waals surface area contributed by atoms with Crippen molar-refractivity contribution in [3.05, 3.63) is 89.2 Å². The van der Waals surface area contributed by atoms with Crippen LogP contribution in [-0.4, -0.2) is 25.6 Å². The van der Waals surface area contributed by atoms with Gasteiger partial charge < -0.3 is 5.32 Å². The van der Waals surface area contributed by atoms with Crippen LogP contribution < -0.4 is 10.0 Å². The highest BCUT2D eigenvalue weighted by Crippen LogP contribution is 2.34. The minimum Gasteiger partial charge on any atom is -0.324 e. The summed E-state index contributed by atoms with van der Waals surface area (Å²) in [6.07, 6.45) is -4.85. The van der Waals surface area contributed by atoms with Gasteiger partial charge in [0, 0.05) is 16.3 Å². The lowest BCUT2D eigenvalue weighted by Gasteiger charge is -2.29. The topological polar surface area (TPSA) is 99.1 Å². The van der Waals surface area contributed by atoms with E-state index >= 15 is 0 Å². The molecule has 0 saturated carbocycles. The first kappa shape index (κ1) is 28.2. The minimum absolute atomic E-state index is 0.110. The Balaban J connectivity index is 1.95. The van der Waals surface area contributed by atoms with Gasteiger partial charge in [-0.25, -0.2) is 12.8 Å². The molecule has 0 heterocycles. The Morgan fingerprint density at radius 1 is 1.03 bits per heavy atom. The molecule has 0 saturated heterocycles. The largest absolute Gasteiger partial charge is 0.417 e. The van der Waals surface area contributed by atoms with Gasteiger partial charge in [0.15, 0.2) is 0 Å². The van der Waals surface area contributed by atoms with Crippen molar-refractivity contribution in [2.45, 2.75) is 35.4 Å². The third kappa shape index (κ3) is 7.09. The molecule has 3 aromatic rings. The summed E-state index contributed by atoms with van der Waals surface area (Å²) in [5, 5.41) is 11.3. The zero-order valence-electron chi connectivity index (χ0n) is 19.6. The van der Waals surface area contributed by atoms with E-state index in [0.717, 1.165) is 29.5 Å². The first-order valence-electron chi connectivity index (χ1n) is 10.7. The molecule has 0 aliphatic carbocycles. The molecule has 0 bridgehead atoms. The number of hydrogen-bond donors (Lipinski definition) is 2. The summed E-state index contributed by atoms with van der Waals surface area (Å²) in [5.41, 5.74) is -3.18. The molecule has 12 heteroatoms. The van der Waals surface area contributed by atoms with E-state index in [9.17, 15) is 30.8 Å². The van der Waals surface area contributed by atoms with Crippen molar-refractivity contribution >= 4 is 33.4 Å². The van der Waals surface area contributed by atoms with Crippen LogP contribution in [0.3, 0.4) is 0 Å². The molecule has 3 aromatic carbocycles. The molecule has 0 radical (unpaired) electrons. The van der Waals surface area contributed by atoms with Crippen molar-refractivity contribution < 1.29 is 30.8 Å². The Hall–Kier alpha value is -3.40. The summed E-state index contributed by atoms with van der Waals surface area (Å²) in [7, 11) is -4.23. The fourth-order valence-electron chi connectivity index (χ4n) is 3.20. The number of rotatable bonds is 8. The summed E-state index contributed by atoms with van der Waals surface area (Å²) in [4.78, 5) is 13.8. The van der Waals surface area contributed by atoms with Crippen molar-refractivity contribution in [2.24, 2.45) is 0 Å². The molecule has 0 aliphatic heterocycles. The zero-order chi connectivity index (χ0) is 27.4. The highest BCUT2D eigenvalue weighted by atomic mass is 32.2. The highest BCUT2D eigenvalue weighted by Gasteiger charge is 2.39. The molecule has 2 N–H and O–H groups in total. The average Bonchev–Trinajstić information content (AvgIpc) is 2.83. The molecule has 0 aliphatic rings. The van der Waals surface area contributed by atoms with Crippen molar-refractivity contribution in [1.82, 2.24) is 4.72 Å². The molecule has 0 spiro atoms. The predicted molar refractivity (Wildman–Crippen MR) is 132 cm³/mol. The van der Waals surface area contributed by atoms with Crippen molar-refractivity contribution in [3.8, 4) is 6.07 Å². The average molecular weight is 552 g/mol. The number of nitriles is 1. The van der Waals surface area contributed by atoms with Gasteiger partial charge in [-0.2, -0.15) is 23.2 Å². The molecular formula is C25H21F4N3O3S2. The van der Waals surface area contributed by atoms with Crippen LogP contribution in [0.5, 0.6) is 0 Å². The summed E-state index contributed by atoms with van der Waals surface area (Å²) in [6.45, 7) is 3.06. The van der Waals surface area contributed by atoms with Crippen LogP contribution in [0.2, 0.25) is 0 Å². The Morgan fingerprint density at radius 3 is 2.22 bits per heavy atom. The van der Waals surface area contributed by atoms with Crippen LogP contribution in [0.4, 0.5) is 23.2 Å². The Bertz CT molecular complexity index is 1440. The molecule has 3 rings (SSSR count). The van der Waals surface area contributed by atoms with E-state index < -0.39 is 44.6 Å². The Morgan fingerprint density at radius 2 is 1.65 bits per heavy atom. The van der Waals surface area contributed by atoms with Gasteiger partial charge in [0.25, 0.3) is 0 Å². The van der Waals surface area contributed by atoms with Gasteiger partial charge in [-0.3, -0.25) is 4.79 Å². The summed E-state index contributed by atoms with van der Waals surface area (Å²) < 4.78 is 82.0. The first-order valence-corrected chi connectivity index (χ1v) is 13.1. The van der Waals surface area contributed by atoms with Gasteiger partial charge >= 0.3 is 6.18 Å². The molecular weight excluding hydrogens is 530 g/mol. The number of alkyl halides is 3. The maximum absolute atomic E-state index is 13.4. The van der Waals surface area contributed by atoms with E-state index in [0.29, 0.717) is 11.0 Å². The number of hydrogen-bond acceptors (Lipinski definition) is 5. The monoisotopic (exact) mass is 551 g/mol. The lowest BCUT2D eigenvalue weighted by atomic mass is 10.0. The number of carbonyl (C=O) groups excluding carboxylic acids is 1. The van der Waals surface area contributed by atoms with Gasteiger partial charge in [-0.15, -0.1) is 11.8 Å². The maximum atomic E-state index is 13.4. The number of carbonyl (C=O) groups is 1. The van der Waals surface area contributed by atoms with Crippen molar-refractivity contribution in [2.75, 3.05) is 11.1 Å². The van der Waals surface area contributed by atoms with E-state index in [1.807, 2.05) is 0 Å². The van der Waals surface area contributed by atoms with E-state index in [1.54, 1.807) is 19.1 Å². The summed E-state index contributed by atoms with van der Waals surface area (Å²) in [6, 6.07) is 15.3. The Labute approximate surface area is 215 Å². The second-order valence-corrected chi connectivity index (χ2v) is 11.0. The number of nitrogens with zero attached hydrogens (tertiary/aromatic N) is 1. The molecule has 0 fully saturated rings. The maximum Gasteiger partial charge on any atom is 0.417 e. The van der Waals surface area contributed by atoms with Gasteiger partial charge in [-0.05, 0) is 68.4 Å². The van der Waals surface area contributed by atoms with Crippen molar-refractivity contribution in [3.63, 3.8) is 0 Å². The fraction of sp³-hybridized carbons (Fsp3) is 0.200. The minimum atomic E-state index is -4.85. The zero-order valence-corrected chi connectivity index (χ0v) is 21.2. The highest BCUT2D eigenvalue weighted by molar-refractivity contribution is 7.99. The summed E-state index contributed by atoms with van der Waals surface area (Å²) in [5.74, 6) is -1.60. The van der Waals surface area contributed by atoms with Gasteiger partial charge in [0.2, 0.25) is 15.9 Å². The molecule has 1 atom stereocenters. The van der Waals surface area contributed by atoms with E-state index in [1.165, 1.54) is 49.4 Å². The quantitative estimate of drug-likeness (QED) is 0.285. The number of anilines is 1. The van der Waals surface area contributed by atoms with Crippen molar-refractivity contribution in [1.29, 1.82) is 5.26 Å². The normalized spacial score (nSPS) is 13.4. The molecule has 0 aromatic heterocycles. The van der Waals surface area contributed by atoms with E-state index in [2.05, 4.69) is 10.0 Å². The molecule has 194 valence electrons. The number of amides is 1. The number of benzene rings is 3. The third-order valence-corrected chi connectivity index (χ3v) is 8.18. The van der Waals surface area contributed by atoms with Crippen LogP contribution in [0, 0.1) is 24.1 Å². The second kappa shape index (κ2) is 10.9. The molecule has 1 unspecified atom stereocenters. The SMILES string of the molecule is Cc1ccc(S(=O)(=O)NC(C)(CSc2ccc(F)cc2)C(=O)Nc2ccc(C#N)c(C(F)(F)F)c2)cc1. The fourth-order valence-corrected chi connectivity index (χ4v) is 5.64. The van der Waals surface area contributed by atoms with Gasteiger partial charge in [0.05, 0.1) is 22.1 Å². The third-order valence-electron chi connectivity index (χ3n) is 5.24. The van der Waals surface area contributed by atoms with E-state index in [-0.39, 0.29) is 16.3 Å². The van der Waals surface area contributed by atoms with E-state index in [4.69, 9.17) is 5.26 Å². The summed E-state index contributed by atoms with van der Waals surface area (Å²) >= 11 is 1.05. The van der Waals surface area contributed by atoms with Gasteiger partial charge in [-0.1, -0.05) is 17.7 Å². The van der Waals surface area contributed by atoms with Crippen LogP contribution in [0.25, 0.3) is 0 Å². The Kier molecular flexibility index (Phi) is 8.32. The number of aryl methyl sites for hydroxylation is 1.